The maximum Gasteiger partial charge on any atom is 0.410 e. The van der Waals surface area contributed by atoms with Crippen molar-refractivity contribution in [3.05, 3.63) is 68.8 Å². The maximum absolute atomic E-state index is 12.6. The van der Waals surface area contributed by atoms with Gasteiger partial charge in [-0.25, -0.2) is 4.79 Å². The van der Waals surface area contributed by atoms with E-state index in [4.69, 9.17) is 4.74 Å². The van der Waals surface area contributed by atoms with Gasteiger partial charge in [-0.15, -0.1) is 0 Å². The van der Waals surface area contributed by atoms with Gasteiger partial charge < -0.3 is 14.6 Å². The number of nitrogens with zero attached hydrogens (tertiary/aromatic N) is 2. The Balaban J connectivity index is 1.20. The molecule has 0 atom stereocenters. The van der Waals surface area contributed by atoms with Gasteiger partial charge in [0, 0.05) is 44.7 Å². The van der Waals surface area contributed by atoms with Crippen molar-refractivity contribution < 1.29 is 14.3 Å². The van der Waals surface area contributed by atoms with Crippen LogP contribution in [0.4, 0.5) is 4.79 Å². The number of thiazole rings is 1. The number of rotatable bonds is 7. The molecule has 0 unspecified atom stereocenters. The molecule has 0 bridgehead atoms. The van der Waals surface area contributed by atoms with E-state index in [9.17, 15) is 14.4 Å². The fourth-order valence-corrected chi connectivity index (χ4v) is 4.69. The number of fused-ring (bicyclic) bond motifs is 1. The third-order valence-corrected chi connectivity index (χ3v) is 6.88. The molecule has 0 radical (unpaired) electrons. The molecule has 0 aliphatic carbocycles. The minimum Gasteiger partial charge on any atom is -0.445 e. The number of ketones is 1. The van der Waals surface area contributed by atoms with E-state index in [1.165, 1.54) is 5.56 Å². The molecular formula is C25H29N3O4S. The van der Waals surface area contributed by atoms with Gasteiger partial charge in [0.05, 0.1) is 10.2 Å². The molecular weight excluding hydrogens is 438 g/mol. The Morgan fingerprint density at radius 1 is 1.06 bits per heavy atom. The average molecular weight is 468 g/mol. The Kier molecular flexibility index (Phi) is 7.25. The highest BCUT2D eigenvalue weighted by atomic mass is 32.1. The number of aromatic nitrogens is 1. The molecule has 1 amide bonds. The van der Waals surface area contributed by atoms with Crippen LogP contribution in [-0.4, -0.2) is 59.4 Å². The van der Waals surface area contributed by atoms with E-state index in [0.29, 0.717) is 50.6 Å². The van der Waals surface area contributed by atoms with Crippen molar-refractivity contribution in [2.45, 2.75) is 32.8 Å². The standard InChI is InChI=1S/C25H29N3O4S/c1-17(2)19-5-3-18(4-6-19)16-32-25(31)28-13-11-27(12-14-28)10-9-22(29)20-7-8-21-23(15-20)33-24(30)26-21/h3-8,15,17H,9-14,16H2,1-2H3,(H,26,30). The Labute approximate surface area is 197 Å². The number of carbonyl (C=O) groups excluding carboxylic acids is 2. The normalized spacial score (nSPS) is 14.7. The molecule has 4 rings (SSSR count). The minimum absolute atomic E-state index is 0.0584. The van der Waals surface area contributed by atoms with Gasteiger partial charge in [0.2, 0.25) is 0 Å². The van der Waals surface area contributed by atoms with Crippen molar-refractivity contribution >= 4 is 33.4 Å². The van der Waals surface area contributed by atoms with Gasteiger partial charge in [0.25, 0.3) is 0 Å². The van der Waals surface area contributed by atoms with E-state index in [1.54, 1.807) is 23.1 Å². The molecule has 1 fully saturated rings. The van der Waals surface area contributed by atoms with Crippen LogP contribution in [0, 0.1) is 0 Å². The van der Waals surface area contributed by atoms with Crippen LogP contribution in [0.3, 0.4) is 0 Å². The number of piperazine rings is 1. The number of hydrogen-bond acceptors (Lipinski definition) is 6. The first-order valence-electron chi connectivity index (χ1n) is 11.3. The highest BCUT2D eigenvalue weighted by Crippen LogP contribution is 2.18. The Bertz CT molecular complexity index is 1170. The summed E-state index contributed by atoms with van der Waals surface area (Å²) in [5.41, 5.74) is 3.63. The van der Waals surface area contributed by atoms with Gasteiger partial charge >= 0.3 is 11.0 Å². The lowest BCUT2D eigenvalue weighted by molar-refractivity contribution is 0.0696. The van der Waals surface area contributed by atoms with Gasteiger partial charge in [-0.2, -0.15) is 0 Å². The SMILES string of the molecule is CC(C)c1ccc(COC(=O)N2CCN(CCC(=O)c3ccc4[nH]c(=O)sc4c3)CC2)cc1. The van der Waals surface area contributed by atoms with Gasteiger partial charge in [-0.1, -0.05) is 49.4 Å². The quantitative estimate of drug-likeness (QED) is 0.526. The number of benzene rings is 2. The predicted molar refractivity (Wildman–Crippen MR) is 130 cm³/mol. The fraction of sp³-hybridized carbons (Fsp3) is 0.400. The largest absolute Gasteiger partial charge is 0.445 e. The van der Waals surface area contributed by atoms with E-state index in [-0.39, 0.29) is 23.4 Å². The summed E-state index contributed by atoms with van der Waals surface area (Å²) in [5, 5.41) is 0. The lowest BCUT2D eigenvalue weighted by Gasteiger charge is -2.33. The van der Waals surface area contributed by atoms with Crippen LogP contribution < -0.4 is 4.87 Å². The molecule has 1 saturated heterocycles. The summed E-state index contributed by atoms with van der Waals surface area (Å²) in [7, 11) is 0. The molecule has 174 valence electrons. The fourth-order valence-electron chi connectivity index (χ4n) is 3.91. The Morgan fingerprint density at radius 3 is 2.48 bits per heavy atom. The van der Waals surface area contributed by atoms with Crippen molar-refractivity contribution in [1.29, 1.82) is 0 Å². The molecule has 3 aromatic rings. The van der Waals surface area contributed by atoms with E-state index in [1.807, 2.05) is 12.1 Å². The number of amides is 1. The lowest BCUT2D eigenvalue weighted by Crippen LogP contribution is -2.49. The summed E-state index contributed by atoms with van der Waals surface area (Å²) in [4.78, 5) is 43.0. The molecule has 1 N–H and O–H groups in total. The van der Waals surface area contributed by atoms with Crippen LogP contribution in [0.1, 0.15) is 47.7 Å². The summed E-state index contributed by atoms with van der Waals surface area (Å²) < 4.78 is 6.29. The van der Waals surface area contributed by atoms with Crippen LogP contribution in [0.15, 0.2) is 47.3 Å². The number of aromatic amines is 1. The molecule has 8 heteroatoms. The first-order chi connectivity index (χ1) is 15.9. The van der Waals surface area contributed by atoms with Gasteiger partial charge in [0.15, 0.2) is 5.78 Å². The number of hydrogen-bond donors (Lipinski definition) is 1. The second-order valence-corrected chi connectivity index (χ2v) is 9.69. The van der Waals surface area contributed by atoms with Crippen molar-refractivity contribution in [2.75, 3.05) is 32.7 Å². The zero-order valence-corrected chi connectivity index (χ0v) is 19.8. The Morgan fingerprint density at radius 2 is 1.79 bits per heavy atom. The number of nitrogens with one attached hydrogen (secondary N) is 1. The minimum atomic E-state index is -0.294. The van der Waals surface area contributed by atoms with Crippen LogP contribution >= 0.6 is 11.3 Å². The molecule has 7 nitrogen and oxygen atoms in total. The summed E-state index contributed by atoms with van der Waals surface area (Å²) in [5.74, 6) is 0.534. The topological polar surface area (TPSA) is 82.7 Å². The first-order valence-corrected chi connectivity index (χ1v) is 12.1. The summed E-state index contributed by atoms with van der Waals surface area (Å²) in [6.45, 7) is 7.81. The lowest BCUT2D eigenvalue weighted by atomic mass is 10.0. The highest BCUT2D eigenvalue weighted by molar-refractivity contribution is 7.16. The summed E-state index contributed by atoms with van der Waals surface area (Å²) in [6.07, 6.45) is 0.110. The second kappa shape index (κ2) is 10.3. The summed E-state index contributed by atoms with van der Waals surface area (Å²) >= 11 is 1.11. The molecule has 2 heterocycles. The number of Topliss-reactive ketones (excluding diaryl/α,β-unsaturated/α-hetero) is 1. The van der Waals surface area contributed by atoms with E-state index in [0.717, 1.165) is 27.1 Å². The number of H-pyrrole nitrogens is 1. The van der Waals surface area contributed by atoms with Crippen molar-refractivity contribution in [3.8, 4) is 0 Å². The van der Waals surface area contributed by atoms with Crippen LogP contribution in [0.5, 0.6) is 0 Å². The van der Waals surface area contributed by atoms with Crippen LogP contribution in [0.2, 0.25) is 0 Å². The zero-order valence-electron chi connectivity index (χ0n) is 19.0. The number of ether oxygens (including phenoxy) is 1. The monoisotopic (exact) mass is 467 g/mol. The van der Waals surface area contributed by atoms with Gasteiger partial charge in [0.1, 0.15) is 6.61 Å². The smallest absolute Gasteiger partial charge is 0.410 e. The first kappa shape index (κ1) is 23.2. The molecule has 0 spiro atoms. The molecule has 1 aromatic heterocycles. The van der Waals surface area contributed by atoms with Gasteiger partial charge in [-0.3, -0.25) is 14.5 Å². The summed E-state index contributed by atoms with van der Waals surface area (Å²) in [6, 6.07) is 13.5. The third kappa shape index (κ3) is 5.89. The van der Waals surface area contributed by atoms with Crippen molar-refractivity contribution in [2.24, 2.45) is 0 Å². The van der Waals surface area contributed by atoms with E-state index >= 15 is 0 Å². The van der Waals surface area contributed by atoms with Crippen molar-refractivity contribution in [3.63, 3.8) is 0 Å². The molecule has 1 aliphatic rings. The average Bonchev–Trinajstić information content (AvgIpc) is 3.20. The predicted octanol–water partition coefficient (Wildman–Crippen LogP) is 4.24. The van der Waals surface area contributed by atoms with E-state index in [2.05, 4.69) is 35.9 Å². The van der Waals surface area contributed by atoms with Crippen LogP contribution in [0.25, 0.3) is 10.2 Å². The van der Waals surface area contributed by atoms with Crippen molar-refractivity contribution in [1.82, 2.24) is 14.8 Å². The maximum atomic E-state index is 12.6. The number of carbonyl (C=O) groups is 2. The molecule has 1 aliphatic heterocycles. The third-order valence-electron chi connectivity index (χ3n) is 6.04. The second-order valence-electron chi connectivity index (χ2n) is 8.68. The van der Waals surface area contributed by atoms with E-state index < -0.39 is 0 Å². The molecule has 2 aromatic carbocycles. The zero-order chi connectivity index (χ0) is 23.4. The van der Waals surface area contributed by atoms with Gasteiger partial charge in [-0.05, 0) is 35.2 Å². The Hall–Kier alpha value is -2.97. The van der Waals surface area contributed by atoms with Crippen LogP contribution in [-0.2, 0) is 11.3 Å². The molecule has 33 heavy (non-hydrogen) atoms. The molecule has 0 saturated carbocycles. The highest BCUT2D eigenvalue weighted by Gasteiger charge is 2.22.